The summed E-state index contributed by atoms with van der Waals surface area (Å²) in [5.41, 5.74) is 2.53. The molecule has 30 heavy (non-hydrogen) atoms. The predicted octanol–water partition coefficient (Wildman–Crippen LogP) is 4.01. The molecule has 0 aliphatic rings. The number of carbonyl (C=O) groups is 2. The summed E-state index contributed by atoms with van der Waals surface area (Å²) in [7, 11) is 3.74. The number of carbonyl (C=O) groups excluding carboxylic acids is 2. The molecular weight excluding hydrogens is 385 g/mol. The fraction of sp³-hybridized carbons (Fsp3) is 0.217. The van der Waals surface area contributed by atoms with Crippen LogP contribution >= 0.6 is 0 Å². The second-order valence-corrected chi connectivity index (χ2v) is 7.21. The van der Waals surface area contributed by atoms with Gasteiger partial charge in [0, 0.05) is 17.8 Å². The van der Waals surface area contributed by atoms with Crippen LogP contribution in [0.25, 0.3) is 0 Å². The van der Waals surface area contributed by atoms with Crippen molar-refractivity contribution in [2.45, 2.75) is 13.0 Å². The van der Waals surface area contributed by atoms with Crippen molar-refractivity contribution in [1.29, 1.82) is 0 Å². The number of likely N-dealkylation sites (N-methyl/N-ethyl adjacent to an activating group) is 1. The first-order chi connectivity index (χ1) is 14.3. The Morgan fingerprint density at radius 3 is 2.53 bits per heavy atom. The summed E-state index contributed by atoms with van der Waals surface area (Å²) >= 11 is 0. The molecule has 0 aliphatic carbocycles. The average Bonchev–Trinajstić information content (AvgIpc) is 3.24. The number of hydrogen-bond acceptors (Lipinski definition) is 4. The third-order valence-electron chi connectivity index (χ3n) is 4.81. The van der Waals surface area contributed by atoms with Crippen LogP contribution in [0.5, 0.6) is 0 Å². The van der Waals surface area contributed by atoms with E-state index in [1.807, 2.05) is 32.0 Å². The van der Waals surface area contributed by atoms with Crippen molar-refractivity contribution < 1.29 is 18.4 Å². The Hall–Kier alpha value is -3.45. The van der Waals surface area contributed by atoms with Crippen molar-refractivity contribution in [3.63, 3.8) is 0 Å². The molecular formula is C23H24FN3O3. The SMILES string of the molecule is Cc1ccc(C(=O)NCC(c2cccc(F)c2)N(C)C)cc1NC(=O)c1ccco1. The van der Waals surface area contributed by atoms with Crippen molar-refractivity contribution in [1.82, 2.24) is 10.2 Å². The highest BCUT2D eigenvalue weighted by molar-refractivity contribution is 6.03. The van der Waals surface area contributed by atoms with E-state index in [1.165, 1.54) is 18.4 Å². The number of nitrogens with one attached hydrogen (secondary N) is 2. The highest BCUT2D eigenvalue weighted by Gasteiger charge is 2.17. The van der Waals surface area contributed by atoms with E-state index in [1.54, 1.807) is 36.4 Å². The molecule has 0 aliphatic heterocycles. The Balaban J connectivity index is 1.71. The maximum absolute atomic E-state index is 13.6. The second kappa shape index (κ2) is 9.37. The zero-order chi connectivity index (χ0) is 21.7. The number of nitrogens with zero attached hydrogens (tertiary/aromatic N) is 1. The zero-order valence-corrected chi connectivity index (χ0v) is 17.1. The number of benzene rings is 2. The van der Waals surface area contributed by atoms with Gasteiger partial charge in [-0.25, -0.2) is 4.39 Å². The highest BCUT2D eigenvalue weighted by Crippen LogP contribution is 2.20. The van der Waals surface area contributed by atoms with Gasteiger partial charge in [0.1, 0.15) is 5.82 Å². The predicted molar refractivity (Wildman–Crippen MR) is 113 cm³/mol. The smallest absolute Gasteiger partial charge is 0.291 e. The average molecular weight is 409 g/mol. The fourth-order valence-corrected chi connectivity index (χ4v) is 3.09. The van der Waals surface area contributed by atoms with Gasteiger partial charge in [-0.05, 0) is 68.5 Å². The Kier molecular flexibility index (Phi) is 6.64. The molecule has 156 valence electrons. The van der Waals surface area contributed by atoms with Gasteiger partial charge in [-0.3, -0.25) is 9.59 Å². The first kappa shape index (κ1) is 21.3. The Morgan fingerprint density at radius 1 is 1.07 bits per heavy atom. The van der Waals surface area contributed by atoms with Gasteiger partial charge in [0.05, 0.1) is 12.3 Å². The normalized spacial score (nSPS) is 11.9. The molecule has 6 nitrogen and oxygen atoms in total. The maximum atomic E-state index is 13.6. The number of amides is 2. The molecule has 2 aromatic carbocycles. The molecule has 1 unspecified atom stereocenters. The minimum absolute atomic E-state index is 0.187. The lowest BCUT2D eigenvalue weighted by atomic mass is 10.1. The first-order valence-corrected chi connectivity index (χ1v) is 9.50. The van der Waals surface area contributed by atoms with Crippen LogP contribution in [-0.2, 0) is 0 Å². The van der Waals surface area contributed by atoms with Crippen molar-refractivity contribution in [3.8, 4) is 0 Å². The molecule has 2 amide bonds. The summed E-state index contributed by atoms with van der Waals surface area (Å²) in [6.45, 7) is 2.14. The Morgan fingerprint density at radius 2 is 1.87 bits per heavy atom. The quantitative estimate of drug-likeness (QED) is 0.618. The van der Waals surface area contributed by atoms with E-state index in [4.69, 9.17) is 4.42 Å². The van der Waals surface area contributed by atoms with Gasteiger partial charge in [-0.15, -0.1) is 0 Å². The minimum Gasteiger partial charge on any atom is -0.459 e. The number of aryl methyl sites for hydroxylation is 1. The topological polar surface area (TPSA) is 74.6 Å². The van der Waals surface area contributed by atoms with Crippen molar-refractivity contribution in [2.75, 3.05) is 26.0 Å². The van der Waals surface area contributed by atoms with E-state index in [0.29, 0.717) is 17.8 Å². The third kappa shape index (κ3) is 5.12. The van der Waals surface area contributed by atoms with Gasteiger partial charge < -0.3 is 20.0 Å². The lowest BCUT2D eigenvalue weighted by molar-refractivity contribution is 0.0940. The minimum atomic E-state index is -0.389. The largest absolute Gasteiger partial charge is 0.459 e. The van der Waals surface area contributed by atoms with Crippen LogP contribution in [0.15, 0.2) is 65.3 Å². The van der Waals surface area contributed by atoms with Crippen LogP contribution in [-0.4, -0.2) is 37.4 Å². The van der Waals surface area contributed by atoms with Crippen LogP contribution < -0.4 is 10.6 Å². The van der Waals surface area contributed by atoms with Gasteiger partial charge in [-0.1, -0.05) is 18.2 Å². The van der Waals surface area contributed by atoms with Gasteiger partial charge in [-0.2, -0.15) is 0 Å². The molecule has 1 aromatic heterocycles. The van der Waals surface area contributed by atoms with Gasteiger partial charge in [0.15, 0.2) is 5.76 Å². The van der Waals surface area contributed by atoms with Crippen LogP contribution in [0.2, 0.25) is 0 Å². The van der Waals surface area contributed by atoms with Crippen LogP contribution in [0.1, 0.15) is 38.1 Å². The van der Waals surface area contributed by atoms with Gasteiger partial charge in [0.2, 0.25) is 0 Å². The van der Waals surface area contributed by atoms with E-state index in [-0.39, 0.29) is 29.4 Å². The maximum Gasteiger partial charge on any atom is 0.291 e. The standard InChI is InChI=1S/C23H24FN3O3/c1-15-9-10-17(13-19(15)26-23(29)21-8-5-11-30-21)22(28)25-14-20(27(2)3)16-6-4-7-18(24)12-16/h4-13,20H,14H2,1-3H3,(H,25,28)(H,26,29). The van der Waals surface area contributed by atoms with Gasteiger partial charge in [0.25, 0.3) is 11.8 Å². The summed E-state index contributed by atoms with van der Waals surface area (Å²) < 4.78 is 18.7. The van der Waals surface area contributed by atoms with Crippen LogP contribution in [0, 0.1) is 12.7 Å². The summed E-state index contributed by atoms with van der Waals surface area (Å²) in [5.74, 6) is -0.805. The molecule has 3 aromatic rings. The van der Waals surface area contributed by atoms with Crippen LogP contribution in [0.4, 0.5) is 10.1 Å². The molecule has 0 bridgehead atoms. The summed E-state index contributed by atoms with van der Waals surface area (Å²) in [5, 5.41) is 5.65. The Labute approximate surface area is 174 Å². The number of rotatable bonds is 7. The number of hydrogen-bond donors (Lipinski definition) is 2. The third-order valence-corrected chi connectivity index (χ3v) is 4.81. The van der Waals surface area contributed by atoms with E-state index in [2.05, 4.69) is 10.6 Å². The van der Waals surface area contributed by atoms with E-state index < -0.39 is 0 Å². The van der Waals surface area contributed by atoms with Crippen molar-refractivity contribution >= 4 is 17.5 Å². The molecule has 0 radical (unpaired) electrons. The summed E-state index contributed by atoms with van der Waals surface area (Å²) in [6, 6.07) is 14.4. The summed E-state index contributed by atoms with van der Waals surface area (Å²) in [6.07, 6.45) is 1.42. The molecule has 3 rings (SSSR count). The zero-order valence-electron chi connectivity index (χ0n) is 17.1. The molecule has 0 fully saturated rings. The molecule has 2 N–H and O–H groups in total. The molecule has 0 saturated heterocycles. The van der Waals surface area contributed by atoms with Crippen molar-refractivity contribution in [2.24, 2.45) is 0 Å². The van der Waals surface area contributed by atoms with E-state index >= 15 is 0 Å². The van der Waals surface area contributed by atoms with Crippen molar-refractivity contribution in [3.05, 3.63) is 89.1 Å². The lowest BCUT2D eigenvalue weighted by Gasteiger charge is -2.25. The molecule has 7 heteroatoms. The monoisotopic (exact) mass is 409 g/mol. The van der Waals surface area contributed by atoms with Crippen LogP contribution in [0.3, 0.4) is 0 Å². The molecule has 0 spiro atoms. The molecule has 1 heterocycles. The van der Waals surface area contributed by atoms with Gasteiger partial charge >= 0.3 is 0 Å². The first-order valence-electron chi connectivity index (χ1n) is 9.50. The molecule has 0 saturated carbocycles. The summed E-state index contributed by atoms with van der Waals surface area (Å²) in [4.78, 5) is 26.9. The van der Waals surface area contributed by atoms with E-state index in [9.17, 15) is 14.0 Å². The second-order valence-electron chi connectivity index (χ2n) is 7.21. The number of halogens is 1. The number of furan rings is 1. The highest BCUT2D eigenvalue weighted by atomic mass is 19.1. The Bertz CT molecular complexity index is 1030. The fourth-order valence-electron chi connectivity index (χ4n) is 3.09. The van der Waals surface area contributed by atoms with E-state index in [0.717, 1.165) is 11.1 Å². The molecule has 1 atom stereocenters. The lowest BCUT2D eigenvalue weighted by Crippen LogP contribution is -2.34. The number of anilines is 1.